The highest BCUT2D eigenvalue weighted by atomic mass is 19.1. The van der Waals surface area contributed by atoms with E-state index in [1.54, 1.807) is 36.3 Å². The van der Waals surface area contributed by atoms with Crippen molar-refractivity contribution < 1.29 is 14.0 Å². The van der Waals surface area contributed by atoms with E-state index in [1.165, 1.54) is 6.20 Å². The third kappa shape index (κ3) is 5.73. The molecule has 4 atom stereocenters. The highest BCUT2D eigenvalue weighted by molar-refractivity contribution is 5.98. The van der Waals surface area contributed by atoms with Crippen LogP contribution in [0.4, 0.5) is 10.1 Å². The van der Waals surface area contributed by atoms with E-state index < -0.39 is 30.3 Å². The van der Waals surface area contributed by atoms with Crippen molar-refractivity contribution in [3.63, 3.8) is 0 Å². The van der Waals surface area contributed by atoms with E-state index in [4.69, 9.17) is 5.73 Å². The number of nitrogens with two attached hydrogens (primary N) is 1. The van der Waals surface area contributed by atoms with Gasteiger partial charge in [0.25, 0.3) is 5.91 Å². The Morgan fingerprint density at radius 1 is 1.22 bits per heavy atom. The molecule has 2 fully saturated rings. The van der Waals surface area contributed by atoms with E-state index in [1.807, 2.05) is 17.0 Å². The summed E-state index contributed by atoms with van der Waals surface area (Å²) >= 11 is 0. The Bertz CT molecular complexity index is 1080. The number of halogens is 1. The van der Waals surface area contributed by atoms with Crippen LogP contribution in [0.5, 0.6) is 0 Å². The van der Waals surface area contributed by atoms with Gasteiger partial charge in [0.1, 0.15) is 12.1 Å². The Hall–Kier alpha value is -3.32. The molecule has 2 amide bonds. The Balaban J connectivity index is 1.53. The summed E-state index contributed by atoms with van der Waals surface area (Å²) in [5.74, 6) is -1.63. The number of carbonyl (C=O) groups excluding carboxylic acids is 2. The highest BCUT2D eigenvalue weighted by Crippen LogP contribution is 2.29. The van der Waals surface area contributed by atoms with Crippen molar-refractivity contribution in [2.75, 3.05) is 51.6 Å². The summed E-state index contributed by atoms with van der Waals surface area (Å²) in [7, 11) is 1.65. The first-order chi connectivity index (χ1) is 17.4. The third-order valence-electron chi connectivity index (χ3n) is 6.57. The van der Waals surface area contributed by atoms with E-state index in [0.29, 0.717) is 29.9 Å². The number of alkyl halides is 1. The van der Waals surface area contributed by atoms with Crippen LogP contribution in [-0.2, 0) is 4.79 Å². The average molecular weight is 499 g/mol. The van der Waals surface area contributed by atoms with E-state index >= 15 is 0 Å². The van der Waals surface area contributed by atoms with E-state index in [9.17, 15) is 18.9 Å². The maximum atomic E-state index is 13.8. The number of aromatic nitrogens is 1. The van der Waals surface area contributed by atoms with Crippen molar-refractivity contribution in [1.29, 1.82) is 0 Å². The first-order valence-electron chi connectivity index (χ1n) is 11.9. The number of nitrogens with zero attached hydrogens (tertiary/aromatic N) is 4. The summed E-state index contributed by atoms with van der Waals surface area (Å²) in [4.78, 5) is 44.9. The van der Waals surface area contributed by atoms with Crippen molar-refractivity contribution in [3.05, 3.63) is 53.2 Å². The summed E-state index contributed by atoms with van der Waals surface area (Å²) < 4.78 is 13.8. The van der Waals surface area contributed by atoms with Crippen LogP contribution in [-0.4, -0.2) is 91.4 Å². The molecule has 0 spiro atoms. The quantitative estimate of drug-likeness (QED) is 0.406. The van der Waals surface area contributed by atoms with Crippen LogP contribution >= 0.6 is 0 Å². The lowest BCUT2D eigenvalue weighted by molar-refractivity contribution is -0.124. The first kappa shape index (κ1) is 25.8. The van der Waals surface area contributed by atoms with Crippen molar-refractivity contribution in [1.82, 2.24) is 25.4 Å². The fourth-order valence-corrected chi connectivity index (χ4v) is 4.65. The number of benzene rings is 1. The van der Waals surface area contributed by atoms with Gasteiger partial charge in [-0.15, -0.1) is 4.91 Å². The van der Waals surface area contributed by atoms with Crippen LogP contribution in [0.15, 0.2) is 47.9 Å². The standard InChI is InChI=1S/C24H31FN8O3/c1-32-14-17(25)12-29-22(32)20(21(26)31-36)23(34)30-19-13-28-7-6-18(19)15-2-4-16(5-3-15)24(35)33-10-8-27-9-11-33/h2-7,13,17,20-22,27,29H,8-12,14,26H2,1H3,(H,30,34). The molecule has 192 valence electrons. The Morgan fingerprint density at radius 3 is 2.61 bits per heavy atom. The molecular formula is C24H31FN8O3. The number of carbonyl (C=O) groups is 2. The van der Waals surface area contributed by atoms with Crippen LogP contribution in [0.2, 0.25) is 0 Å². The molecule has 2 aliphatic heterocycles. The van der Waals surface area contributed by atoms with Crippen LogP contribution in [0, 0.1) is 10.8 Å². The summed E-state index contributed by atoms with van der Waals surface area (Å²) in [5.41, 5.74) is 8.34. The maximum absolute atomic E-state index is 13.8. The van der Waals surface area contributed by atoms with Crippen molar-refractivity contribution in [2.45, 2.75) is 18.5 Å². The number of amides is 2. The second-order valence-corrected chi connectivity index (χ2v) is 9.04. The van der Waals surface area contributed by atoms with Crippen LogP contribution in [0.3, 0.4) is 0 Å². The fourth-order valence-electron chi connectivity index (χ4n) is 4.65. The zero-order valence-electron chi connectivity index (χ0n) is 20.1. The number of pyridine rings is 1. The van der Waals surface area contributed by atoms with Gasteiger partial charge in [-0.3, -0.25) is 24.8 Å². The van der Waals surface area contributed by atoms with E-state index in [0.717, 1.165) is 18.7 Å². The number of nitroso groups, excluding NO2 is 1. The number of hydrogen-bond donors (Lipinski definition) is 4. The molecule has 1 aromatic heterocycles. The van der Waals surface area contributed by atoms with E-state index in [-0.39, 0.29) is 19.0 Å². The highest BCUT2D eigenvalue weighted by Gasteiger charge is 2.40. The molecule has 0 aliphatic carbocycles. The second kappa shape index (κ2) is 11.6. The van der Waals surface area contributed by atoms with Gasteiger partial charge < -0.3 is 21.3 Å². The molecule has 2 saturated heterocycles. The fraction of sp³-hybridized carbons (Fsp3) is 0.458. The average Bonchev–Trinajstić information content (AvgIpc) is 2.90. The minimum absolute atomic E-state index is 0.0240. The second-order valence-electron chi connectivity index (χ2n) is 9.04. The van der Waals surface area contributed by atoms with Gasteiger partial charge in [0.2, 0.25) is 5.91 Å². The summed E-state index contributed by atoms with van der Waals surface area (Å²) in [5, 5.41) is 11.9. The number of nitrogens with one attached hydrogen (secondary N) is 3. The lowest BCUT2D eigenvalue weighted by atomic mass is 9.97. The largest absolute Gasteiger partial charge is 0.336 e. The molecule has 5 N–H and O–H groups in total. The van der Waals surface area contributed by atoms with Gasteiger partial charge >= 0.3 is 0 Å². The molecule has 4 unspecified atom stereocenters. The predicted octanol–water partition coefficient (Wildman–Crippen LogP) is 0.599. The SMILES string of the molecule is CN1CC(F)CNC1C(C(=O)Nc1cnccc1-c1ccc(C(=O)N2CCNCC2)cc1)C(N)N=O. The van der Waals surface area contributed by atoms with Crippen molar-refractivity contribution in [2.24, 2.45) is 16.8 Å². The summed E-state index contributed by atoms with van der Waals surface area (Å²) in [6, 6.07) is 8.89. The molecule has 0 saturated carbocycles. The molecule has 2 aromatic rings. The molecule has 12 heteroatoms. The third-order valence-corrected chi connectivity index (χ3v) is 6.57. The van der Waals surface area contributed by atoms with Crippen molar-refractivity contribution >= 4 is 17.5 Å². The molecule has 0 radical (unpaired) electrons. The maximum Gasteiger partial charge on any atom is 0.253 e. The summed E-state index contributed by atoms with van der Waals surface area (Å²) in [6.45, 7) is 3.02. The molecule has 11 nitrogen and oxygen atoms in total. The van der Waals surface area contributed by atoms with Crippen LogP contribution in [0.25, 0.3) is 11.1 Å². The van der Waals surface area contributed by atoms with Gasteiger partial charge in [0, 0.05) is 56.6 Å². The van der Waals surface area contributed by atoms with Gasteiger partial charge in [0.15, 0.2) is 6.17 Å². The zero-order chi connectivity index (χ0) is 25.7. The normalized spacial score (nSPS) is 22.5. The van der Waals surface area contributed by atoms with Crippen LogP contribution in [0.1, 0.15) is 10.4 Å². The number of rotatable bonds is 7. The lowest BCUT2D eigenvalue weighted by Gasteiger charge is -2.39. The summed E-state index contributed by atoms with van der Waals surface area (Å²) in [6.07, 6.45) is -0.00311. The Morgan fingerprint density at radius 2 is 1.94 bits per heavy atom. The monoisotopic (exact) mass is 498 g/mol. The van der Waals surface area contributed by atoms with Gasteiger partial charge in [-0.05, 0) is 30.8 Å². The molecule has 4 rings (SSSR count). The minimum Gasteiger partial charge on any atom is -0.336 e. The number of piperazine rings is 1. The van der Waals surface area contributed by atoms with Gasteiger partial charge in [-0.1, -0.05) is 17.3 Å². The molecular weight excluding hydrogens is 467 g/mol. The minimum atomic E-state index is -1.34. The smallest absolute Gasteiger partial charge is 0.253 e. The number of hydrogen-bond acceptors (Lipinski definition) is 9. The van der Waals surface area contributed by atoms with Crippen molar-refractivity contribution in [3.8, 4) is 11.1 Å². The molecule has 1 aromatic carbocycles. The first-order valence-corrected chi connectivity index (χ1v) is 11.9. The van der Waals surface area contributed by atoms with Gasteiger partial charge in [0.05, 0.1) is 18.1 Å². The Kier molecular flexibility index (Phi) is 8.31. The molecule has 2 aliphatic rings. The van der Waals surface area contributed by atoms with E-state index in [2.05, 4.69) is 26.1 Å². The van der Waals surface area contributed by atoms with Gasteiger partial charge in [-0.2, -0.15) is 0 Å². The van der Waals surface area contributed by atoms with Gasteiger partial charge in [-0.25, -0.2) is 4.39 Å². The Labute approximate surface area is 208 Å². The van der Waals surface area contributed by atoms with Crippen LogP contribution < -0.4 is 21.7 Å². The molecule has 3 heterocycles. The zero-order valence-corrected chi connectivity index (χ0v) is 20.1. The molecule has 0 bridgehead atoms. The number of anilines is 1. The topological polar surface area (TPSA) is 145 Å². The molecule has 36 heavy (non-hydrogen) atoms. The predicted molar refractivity (Wildman–Crippen MR) is 134 cm³/mol. The lowest BCUT2D eigenvalue weighted by Crippen LogP contribution is -2.62.